The fourth-order valence-corrected chi connectivity index (χ4v) is 1.79. The lowest BCUT2D eigenvalue weighted by molar-refractivity contribution is -0.291. The second-order valence-corrected chi connectivity index (χ2v) is 3.94. The number of hydrogen-bond donors (Lipinski definition) is 5. The zero-order valence-electron chi connectivity index (χ0n) is 9.17. The number of hydrogen-bond acceptors (Lipinski definition) is 8. The van der Waals surface area contributed by atoms with E-state index in [2.05, 4.69) is 4.98 Å². The number of nitrogens with two attached hydrogens (primary N) is 1. The number of aliphatic hydroxyl groups is 4. The van der Waals surface area contributed by atoms with Crippen molar-refractivity contribution >= 4 is 5.82 Å². The molecule has 0 aromatic carbocycles. The van der Waals surface area contributed by atoms with Crippen molar-refractivity contribution in [3.05, 3.63) is 22.7 Å². The van der Waals surface area contributed by atoms with Crippen molar-refractivity contribution in [1.82, 2.24) is 9.55 Å². The van der Waals surface area contributed by atoms with Crippen LogP contribution in [0.25, 0.3) is 0 Å². The maximum Gasteiger partial charge on any atom is 0.353 e. The molecular weight excluding hydrogens is 246 g/mol. The molecule has 2 heterocycles. The summed E-state index contributed by atoms with van der Waals surface area (Å²) in [5.74, 6) is -2.56. The van der Waals surface area contributed by atoms with Gasteiger partial charge in [0, 0.05) is 6.20 Å². The maximum atomic E-state index is 11.6. The van der Waals surface area contributed by atoms with Gasteiger partial charge in [-0.3, -0.25) is 0 Å². The summed E-state index contributed by atoms with van der Waals surface area (Å²) in [5, 5.41) is 38.3. The van der Waals surface area contributed by atoms with Crippen molar-refractivity contribution in [2.75, 3.05) is 12.3 Å². The summed E-state index contributed by atoms with van der Waals surface area (Å²) in [6.07, 6.45) is -3.49. The molecule has 1 fully saturated rings. The molecule has 9 heteroatoms. The Hall–Kier alpha value is -1.52. The third-order valence-electron chi connectivity index (χ3n) is 2.76. The fourth-order valence-electron chi connectivity index (χ4n) is 1.79. The van der Waals surface area contributed by atoms with Crippen molar-refractivity contribution in [2.45, 2.75) is 24.2 Å². The van der Waals surface area contributed by atoms with Gasteiger partial charge in [0.15, 0.2) is 6.10 Å². The second kappa shape index (κ2) is 4.30. The minimum absolute atomic E-state index is 0.0633. The van der Waals surface area contributed by atoms with Gasteiger partial charge in [-0.1, -0.05) is 0 Å². The summed E-state index contributed by atoms with van der Waals surface area (Å²) in [4.78, 5) is 14.9. The smallest absolute Gasteiger partial charge is 0.353 e. The van der Waals surface area contributed by atoms with E-state index in [0.717, 1.165) is 6.20 Å². The predicted molar refractivity (Wildman–Crippen MR) is 57.1 cm³/mol. The molecule has 0 saturated carbocycles. The highest BCUT2D eigenvalue weighted by molar-refractivity contribution is 5.23. The third-order valence-corrected chi connectivity index (χ3v) is 2.76. The highest BCUT2D eigenvalue weighted by atomic mass is 16.7. The first-order chi connectivity index (χ1) is 8.40. The van der Waals surface area contributed by atoms with Crippen LogP contribution in [-0.2, 0) is 10.6 Å². The minimum Gasteiger partial charge on any atom is -0.394 e. The van der Waals surface area contributed by atoms with Gasteiger partial charge in [-0.15, -0.1) is 0 Å². The molecular formula is C9H13N3O6. The Morgan fingerprint density at radius 1 is 1.56 bits per heavy atom. The molecule has 6 N–H and O–H groups in total. The van der Waals surface area contributed by atoms with Crippen molar-refractivity contribution < 1.29 is 25.2 Å². The molecule has 100 valence electrons. The molecule has 0 bridgehead atoms. The molecule has 18 heavy (non-hydrogen) atoms. The monoisotopic (exact) mass is 259 g/mol. The van der Waals surface area contributed by atoms with Crippen LogP contribution >= 0.6 is 0 Å². The Labute approximate surface area is 101 Å². The van der Waals surface area contributed by atoms with Crippen LogP contribution in [0.15, 0.2) is 17.1 Å². The number of aromatic nitrogens is 2. The van der Waals surface area contributed by atoms with Crippen LogP contribution in [0, 0.1) is 0 Å². The van der Waals surface area contributed by atoms with Crippen LogP contribution in [0.5, 0.6) is 0 Å². The Kier molecular flexibility index (Phi) is 3.09. The number of ether oxygens (including phenoxy) is 1. The highest BCUT2D eigenvalue weighted by Crippen LogP contribution is 2.32. The minimum atomic E-state index is -2.50. The largest absolute Gasteiger partial charge is 0.394 e. The topological polar surface area (TPSA) is 151 Å². The lowest BCUT2D eigenvalue weighted by atomic mass is 10.1. The van der Waals surface area contributed by atoms with E-state index in [1.165, 1.54) is 6.07 Å². The van der Waals surface area contributed by atoms with E-state index in [1.807, 2.05) is 0 Å². The second-order valence-electron chi connectivity index (χ2n) is 3.94. The Bertz CT molecular complexity index is 505. The average molecular weight is 259 g/mol. The summed E-state index contributed by atoms with van der Waals surface area (Å²) in [6.45, 7) is -0.627. The van der Waals surface area contributed by atoms with Gasteiger partial charge in [0.2, 0.25) is 0 Å². The molecule has 4 atom stereocenters. The normalized spacial score (nSPS) is 35.9. The number of anilines is 1. The van der Waals surface area contributed by atoms with Crippen molar-refractivity contribution in [3.63, 3.8) is 0 Å². The summed E-state index contributed by atoms with van der Waals surface area (Å²) in [5.41, 5.74) is 4.33. The van der Waals surface area contributed by atoms with Gasteiger partial charge in [-0.2, -0.15) is 4.98 Å². The Balaban J connectivity index is 2.46. The Morgan fingerprint density at radius 2 is 2.22 bits per heavy atom. The van der Waals surface area contributed by atoms with Gasteiger partial charge in [0.25, 0.3) is 5.91 Å². The Morgan fingerprint density at radius 3 is 2.72 bits per heavy atom. The molecule has 0 amide bonds. The molecule has 2 rings (SSSR count). The third kappa shape index (κ3) is 1.78. The first kappa shape index (κ1) is 12.9. The van der Waals surface area contributed by atoms with E-state index >= 15 is 0 Å². The van der Waals surface area contributed by atoms with Gasteiger partial charge in [0.05, 0.1) is 6.61 Å². The first-order valence-corrected chi connectivity index (χ1v) is 5.13. The van der Waals surface area contributed by atoms with Gasteiger partial charge >= 0.3 is 5.69 Å². The van der Waals surface area contributed by atoms with E-state index in [0.29, 0.717) is 4.57 Å². The number of nitrogens with zero attached hydrogens (tertiary/aromatic N) is 2. The molecule has 1 aromatic rings. The van der Waals surface area contributed by atoms with Crippen LogP contribution in [0.1, 0.15) is 0 Å². The molecule has 0 spiro atoms. The van der Waals surface area contributed by atoms with Crippen LogP contribution in [0.2, 0.25) is 0 Å². The van der Waals surface area contributed by atoms with Crippen LogP contribution in [0.3, 0.4) is 0 Å². The SMILES string of the molecule is Nc1ccn(C2(O)O[C@@H](CO)[C@H](O)[C@H]2O)c(=O)n1. The molecule has 1 aliphatic rings. The molecule has 1 aliphatic heterocycles. The van der Waals surface area contributed by atoms with Crippen LogP contribution < -0.4 is 11.4 Å². The summed E-state index contributed by atoms with van der Waals surface area (Å²) in [6, 6.07) is 1.22. The average Bonchev–Trinajstić information content (AvgIpc) is 2.54. The standard InChI is InChI=1S/C9H13N3O6/c10-5-1-2-12(8(16)11-5)9(17)7(15)6(14)4(3-13)18-9/h1-2,4,6-7,13-15,17H,3H2,(H2,10,11,16)/t4-,6-,7+,9?/m0/s1. The van der Waals surface area contributed by atoms with Gasteiger partial charge in [0.1, 0.15) is 18.0 Å². The predicted octanol–water partition coefficient (Wildman–Crippen LogP) is -3.46. The fraction of sp³-hybridized carbons (Fsp3) is 0.556. The zero-order chi connectivity index (χ0) is 13.5. The summed E-state index contributed by atoms with van der Waals surface area (Å²) < 4.78 is 5.51. The van der Waals surface area contributed by atoms with E-state index in [-0.39, 0.29) is 5.82 Å². The lowest BCUT2D eigenvalue weighted by Gasteiger charge is -2.27. The number of rotatable bonds is 2. The maximum absolute atomic E-state index is 11.6. The molecule has 1 unspecified atom stereocenters. The van der Waals surface area contributed by atoms with E-state index in [9.17, 15) is 20.1 Å². The van der Waals surface area contributed by atoms with Crippen molar-refractivity contribution in [3.8, 4) is 0 Å². The van der Waals surface area contributed by atoms with Gasteiger partial charge in [-0.25, -0.2) is 9.36 Å². The molecule has 0 radical (unpaired) electrons. The van der Waals surface area contributed by atoms with Crippen molar-refractivity contribution in [1.29, 1.82) is 0 Å². The van der Waals surface area contributed by atoms with Crippen LogP contribution in [-0.4, -0.2) is 54.9 Å². The zero-order valence-corrected chi connectivity index (χ0v) is 9.17. The van der Waals surface area contributed by atoms with E-state index < -0.39 is 36.5 Å². The molecule has 1 saturated heterocycles. The summed E-state index contributed by atoms with van der Waals surface area (Å²) >= 11 is 0. The van der Waals surface area contributed by atoms with Gasteiger partial charge < -0.3 is 30.9 Å². The number of aliphatic hydroxyl groups excluding tert-OH is 3. The first-order valence-electron chi connectivity index (χ1n) is 5.13. The van der Waals surface area contributed by atoms with Crippen molar-refractivity contribution in [2.24, 2.45) is 0 Å². The molecule has 1 aromatic heterocycles. The lowest BCUT2D eigenvalue weighted by Crippen LogP contribution is -2.50. The quantitative estimate of drug-likeness (QED) is 0.367. The summed E-state index contributed by atoms with van der Waals surface area (Å²) in [7, 11) is 0. The number of nitrogen functional groups attached to an aromatic ring is 1. The van der Waals surface area contributed by atoms with E-state index in [1.54, 1.807) is 0 Å². The van der Waals surface area contributed by atoms with Crippen LogP contribution in [0.4, 0.5) is 5.82 Å². The van der Waals surface area contributed by atoms with Gasteiger partial charge in [-0.05, 0) is 6.07 Å². The molecule has 0 aliphatic carbocycles. The van der Waals surface area contributed by atoms with E-state index in [4.69, 9.17) is 15.6 Å². The highest BCUT2D eigenvalue weighted by Gasteiger charge is 2.55. The molecule has 9 nitrogen and oxygen atoms in total.